The Morgan fingerprint density at radius 2 is 1.00 bits per heavy atom. The number of esters is 1. The minimum absolute atomic E-state index is 0.0513. The SMILES string of the molecule is CC/C=C/C=C/C=C\CCCCCC(CC(=O)NC(CO)C(O)CCCCCCCCCCCCCCCCC)OC(=O)CCCCCCC/C=C\CCCC. The smallest absolute Gasteiger partial charge is 0.306 e. The molecule has 0 aliphatic rings. The Kier molecular flexibility index (Phi) is 42.2. The molecular formula is C50H91NO5. The lowest BCUT2D eigenvalue weighted by Gasteiger charge is -2.24. The van der Waals surface area contributed by atoms with Crippen molar-refractivity contribution in [2.24, 2.45) is 0 Å². The Morgan fingerprint density at radius 1 is 0.536 bits per heavy atom. The van der Waals surface area contributed by atoms with E-state index in [0.717, 1.165) is 77.0 Å². The van der Waals surface area contributed by atoms with E-state index >= 15 is 0 Å². The molecule has 0 bridgehead atoms. The summed E-state index contributed by atoms with van der Waals surface area (Å²) < 4.78 is 5.88. The number of allylic oxidation sites excluding steroid dienone is 8. The van der Waals surface area contributed by atoms with E-state index in [1.54, 1.807) is 0 Å². The van der Waals surface area contributed by atoms with E-state index in [-0.39, 0.29) is 24.9 Å². The van der Waals surface area contributed by atoms with Gasteiger partial charge in [0.25, 0.3) is 0 Å². The van der Waals surface area contributed by atoms with Crippen LogP contribution >= 0.6 is 0 Å². The van der Waals surface area contributed by atoms with Crippen LogP contribution in [0.1, 0.15) is 233 Å². The van der Waals surface area contributed by atoms with Gasteiger partial charge in [0.05, 0.1) is 25.2 Å². The minimum atomic E-state index is -0.797. The van der Waals surface area contributed by atoms with E-state index in [4.69, 9.17) is 4.74 Å². The molecule has 0 saturated carbocycles. The Bertz CT molecular complexity index is 972. The average molecular weight is 786 g/mol. The van der Waals surface area contributed by atoms with E-state index in [0.29, 0.717) is 19.3 Å². The largest absolute Gasteiger partial charge is 0.462 e. The highest BCUT2D eigenvalue weighted by Gasteiger charge is 2.24. The molecule has 0 aliphatic heterocycles. The molecular weight excluding hydrogens is 695 g/mol. The van der Waals surface area contributed by atoms with Crippen LogP contribution in [-0.4, -0.2) is 46.9 Å². The molecule has 1 amide bonds. The molecule has 0 spiro atoms. The highest BCUT2D eigenvalue weighted by atomic mass is 16.5. The molecule has 0 aromatic carbocycles. The Hall–Kier alpha value is -2.18. The van der Waals surface area contributed by atoms with E-state index in [2.05, 4.69) is 62.5 Å². The first-order valence-corrected chi connectivity index (χ1v) is 23.9. The average Bonchev–Trinajstić information content (AvgIpc) is 3.19. The monoisotopic (exact) mass is 786 g/mol. The van der Waals surface area contributed by atoms with Crippen LogP contribution in [0.5, 0.6) is 0 Å². The Morgan fingerprint density at radius 3 is 1.57 bits per heavy atom. The van der Waals surface area contributed by atoms with Crippen molar-refractivity contribution >= 4 is 11.9 Å². The van der Waals surface area contributed by atoms with Gasteiger partial charge in [-0.2, -0.15) is 0 Å². The summed E-state index contributed by atoms with van der Waals surface area (Å²) in [4.78, 5) is 26.0. The number of aliphatic hydroxyl groups is 2. The summed E-state index contributed by atoms with van der Waals surface area (Å²) >= 11 is 0. The third-order valence-corrected chi connectivity index (χ3v) is 10.7. The van der Waals surface area contributed by atoms with Crippen LogP contribution in [0.3, 0.4) is 0 Å². The maximum absolute atomic E-state index is 13.1. The highest BCUT2D eigenvalue weighted by molar-refractivity contribution is 5.77. The summed E-state index contributed by atoms with van der Waals surface area (Å²) in [7, 11) is 0. The van der Waals surface area contributed by atoms with Gasteiger partial charge in [-0.3, -0.25) is 9.59 Å². The summed E-state index contributed by atoms with van der Waals surface area (Å²) in [6, 6.07) is -0.712. The lowest BCUT2D eigenvalue weighted by molar-refractivity contribution is -0.151. The quantitative estimate of drug-likeness (QED) is 0.0248. The standard InChI is InChI=1S/C50H91NO5/c1-4-7-10-13-16-19-22-23-24-25-28-30-33-36-39-42-48(53)47(45-52)51-49(54)44-46(41-38-35-32-29-26-20-17-14-11-8-5-2)56-50(55)43-40-37-34-31-27-21-18-15-12-9-6-3/h8,11,14-15,17-18,20,26,46-48,52-53H,4-7,9-10,12-13,16,19,21-25,27-45H2,1-3H3,(H,51,54)/b11-8+,17-14+,18-15-,26-20-. The van der Waals surface area contributed by atoms with Crippen LogP contribution in [0.2, 0.25) is 0 Å². The number of aliphatic hydroxyl groups excluding tert-OH is 2. The maximum atomic E-state index is 13.1. The predicted octanol–water partition coefficient (Wildman–Crippen LogP) is 13.9. The van der Waals surface area contributed by atoms with E-state index in [1.807, 2.05) is 12.2 Å². The first-order valence-electron chi connectivity index (χ1n) is 23.9. The fraction of sp³-hybridized carbons (Fsp3) is 0.800. The zero-order valence-corrected chi connectivity index (χ0v) is 37.0. The fourth-order valence-corrected chi connectivity index (χ4v) is 7.06. The number of unbranched alkanes of at least 4 members (excludes halogenated alkanes) is 24. The normalized spacial score (nSPS) is 13.7. The maximum Gasteiger partial charge on any atom is 0.306 e. The molecule has 326 valence electrons. The second-order valence-corrected chi connectivity index (χ2v) is 16.2. The first-order chi connectivity index (χ1) is 27.5. The highest BCUT2D eigenvalue weighted by Crippen LogP contribution is 2.17. The van der Waals surface area contributed by atoms with Gasteiger partial charge >= 0.3 is 5.97 Å². The zero-order chi connectivity index (χ0) is 41.0. The number of nitrogens with one attached hydrogen (secondary N) is 1. The van der Waals surface area contributed by atoms with Crippen molar-refractivity contribution in [2.45, 2.75) is 251 Å². The molecule has 56 heavy (non-hydrogen) atoms. The first kappa shape index (κ1) is 53.8. The second-order valence-electron chi connectivity index (χ2n) is 16.2. The zero-order valence-electron chi connectivity index (χ0n) is 37.0. The van der Waals surface area contributed by atoms with Gasteiger partial charge in [0.2, 0.25) is 5.91 Å². The summed E-state index contributed by atoms with van der Waals surface area (Å²) in [5.74, 6) is -0.520. The van der Waals surface area contributed by atoms with Crippen molar-refractivity contribution in [3.05, 3.63) is 48.6 Å². The number of amides is 1. The van der Waals surface area contributed by atoms with Gasteiger partial charge < -0.3 is 20.3 Å². The van der Waals surface area contributed by atoms with Gasteiger partial charge in [-0.1, -0.05) is 204 Å². The van der Waals surface area contributed by atoms with Crippen molar-refractivity contribution < 1.29 is 24.5 Å². The third kappa shape index (κ3) is 38.7. The fourth-order valence-electron chi connectivity index (χ4n) is 7.06. The molecule has 0 heterocycles. The lowest BCUT2D eigenvalue weighted by Crippen LogP contribution is -2.46. The van der Waals surface area contributed by atoms with Crippen molar-refractivity contribution in [3.8, 4) is 0 Å². The van der Waals surface area contributed by atoms with Crippen molar-refractivity contribution in [3.63, 3.8) is 0 Å². The Balaban J connectivity index is 4.56. The molecule has 0 saturated heterocycles. The lowest BCUT2D eigenvalue weighted by atomic mass is 10.0. The Labute approximate surface area is 346 Å². The van der Waals surface area contributed by atoms with E-state index in [9.17, 15) is 19.8 Å². The summed E-state index contributed by atoms with van der Waals surface area (Å²) in [5, 5.41) is 23.7. The molecule has 3 atom stereocenters. The van der Waals surface area contributed by atoms with E-state index < -0.39 is 18.2 Å². The minimum Gasteiger partial charge on any atom is -0.462 e. The third-order valence-electron chi connectivity index (χ3n) is 10.7. The van der Waals surface area contributed by atoms with Crippen LogP contribution in [0, 0.1) is 0 Å². The van der Waals surface area contributed by atoms with E-state index in [1.165, 1.54) is 109 Å². The van der Waals surface area contributed by atoms with Crippen LogP contribution in [0.15, 0.2) is 48.6 Å². The number of hydrogen-bond donors (Lipinski definition) is 3. The van der Waals surface area contributed by atoms with Crippen molar-refractivity contribution in [1.29, 1.82) is 0 Å². The predicted molar refractivity (Wildman–Crippen MR) is 241 cm³/mol. The molecule has 3 N–H and O–H groups in total. The van der Waals surface area contributed by atoms with Gasteiger partial charge in [0, 0.05) is 6.42 Å². The van der Waals surface area contributed by atoms with Crippen LogP contribution in [0.25, 0.3) is 0 Å². The van der Waals surface area contributed by atoms with Crippen LogP contribution in [-0.2, 0) is 14.3 Å². The van der Waals surface area contributed by atoms with Crippen LogP contribution in [0.4, 0.5) is 0 Å². The number of ether oxygens (including phenoxy) is 1. The molecule has 0 radical (unpaired) electrons. The molecule has 0 aromatic rings. The van der Waals surface area contributed by atoms with Crippen LogP contribution < -0.4 is 5.32 Å². The molecule has 0 rings (SSSR count). The van der Waals surface area contributed by atoms with Gasteiger partial charge in [-0.05, 0) is 64.2 Å². The molecule has 6 nitrogen and oxygen atoms in total. The van der Waals surface area contributed by atoms with Gasteiger partial charge in [0.15, 0.2) is 0 Å². The van der Waals surface area contributed by atoms with Gasteiger partial charge in [0.1, 0.15) is 6.10 Å². The van der Waals surface area contributed by atoms with Gasteiger partial charge in [-0.15, -0.1) is 0 Å². The molecule has 0 aliphatic carbocycles. The molecule has 6 heteroatoms. The summed E-state index contributed by atoms with van der Waals surface area (Å²) in [6.07, 6.45) is 51.7. The van der Waals surface area contributed by atoms with Crippen molar-refractivity contribution in [1.82, 2.24) is 5.32 Å². The topological polar surface area (TPSA) is 95.9 Å². The molecule has 0 aromatic heterocycles. The number of carbonyl (C=O) groups excluding carboxylic acids is 2. The molecule has 3 unspecified atom stereocenters. The summed E-state index contributed by atoms with van der Waals surface area (Å²) in [5.41, 5.74) is 0. The van der Waals surface area contributed by atoms with Crippen molar-refractivity contribution in [2.75, 3.05) is 6.61 Å². The summed E-state index contributed by atoms with van der Waals surface area (Å²) in [6.45, 7) is 6.29. The van der Waals surface area contributed by atoms with Gasteiger partial charge in [-0.25, -0.2) is 0 Å². The molecule has 0 fully saturated rings. The number of hydrogen-bond acceptors (Lipinski definition) is 5. The second kappa shape index (κ2) is 43.9. The number of rotatable bonds is 42. The number of carbonyl (C=O) groups is 2.